The van der Waals surface area contributed by atoms with Crippen molar-refractivity contribution in [1.29, 1.82) is 0 Å². The van der Waals surface area contributed by atoms with Crippen LogP contribution in [0.4, 0.5) is 0 Å². The molecule has 1 aliphatic heterocycles. The molecule has 0 aromatic heterocycles. The Bertz CT molecular complexity index is 1170. The van der Waals surface area contributed by atoms with E-state index in [-0.39, 0.29) is 35.5 Å². The number of likely N-dealkylation sites (tertiary alicyclic amines) is 1. The number of amides is 2. The molecule has 0 N–H and O–H groups in total. The van der Waals surface area contributed by atoms with Crippen molar-refractivity contribution in [3.8, 4) is 11.5 Å². The molecular formula is C28H25NO4. The summed E-state index contributed by atoms with van der Waals surface area (Å²) in [7, 11) is 3.20. The van der Waals surface area contributed by atoms with Crippen LogP contribution in [0.25, 0.3) is 0 Å². The van der Waals surface area contributed by atoms with Crippen LogP contribution in [0.15, 0.2) is 66.7 Å². The van der Waals surface area contributed by atoms with Crippen molar-refractivity contribution < 1.29 is 19.1 Å². The zero-order valence-corrected chi connectivity index (χ0v) is 18.7. The van der Waals surface area contributed by atoms with Crippen LogP contribution in [-0.2, 0) is 16.0 Å². The first kappa shape index (κ1) is 20.0. The molecule has 3 aromatic rings. The van der Waals surface area contributed by atoms with Crippen LogP contribution in [0, 0.1) is 11.8 Å². The zero-order chi connectivity index (χ0) is 22.7. The number of nitrogens with zero attached hydrogens (tertiary/aromatic N) is 1. The summed E-state index contributed by atoms with van der Waals surface area (Å²) in [5, 5.41) is 0. The van der Waals surface area contributed by atoms with Crippen LogP contribution < -0.4 is 9.47 Å². The maximum Gasteiger partial charge on any atom is 0.234 e. The van der Waals surface area contributed by atoms with Crippen molar-refractivity contribution in [2.45, 2.75) is 18.3 Å². The van der Waals surface area contributed by atoms with Crippen molar-refractivity contribution in [2.24, 2.45) is 11.8 Å². The van der Waals surface area contributed by atoms with Crippen molar-refractivity contribution in [2.75, 3.05) is 20.8 Å². The van der Waals surface area contributed by atoms with E-state index < -0.39 is 0 Å². The SMILES string of the molecule is COc1ccc(CCN2C(=O)C3C4c5ccccc5C(c5ccccc54)[C@@H]3C2=O)cc1OC. The number of ether oxygens (including phenoxy) is 2. The molecule has 2 atom stereocenters. The highest BCUT2D eigenvalue weighted by molar-refractivity contribution is 6.07. The molecule has 5 heteroatoms. The van der Waals surface area contributed by atoms with Crippen LogP contribution in [-0.4, -0.2) is 37.5 Å². The van der Waals surface area contributed by atoms with E-state index in [1.165, 1.54) is 27.2 Å². The normalized spacial score (nSPS) is 24.4. The quantitative estimate of drug-likeness (QED) is 0.561. The second-order valence-electron chi connectivity index (χ2n) is 9.03. The van der Waals surface area contributed by atoms with Crippen molar-refractivity contribution in [3.63, 3.8) is 0 Å². The predicted octanol–water partition coefficient (Wildman–Crippen LogP) is 4.14. The molecule has 7 rings (SSSR count). The van der Waals surface area contributed by atoms with E-state index in [1.54, 1.807) is 14.2 Å². The summed E-state index contributed by atoms with van der Waals surface area (Å²) in [6, 6.07) is 22.4. The molecule has 0 spiro atoms. The Morgan fingerprint density at radius 2 is 1.18 bits per heavy atom. The lowest BCUT2D eigenvalue weighted by atomic mass is 9.55. The van der Waals surface area contributed by atoms with E-state index >= 15 is 0 Å². The molecule has 3 aliphatic carbocycles. The van der Waals surface area contributed by atoms with Gasteiger partial charge in [-0.25, -0.2) is 0 Å². The summed E-state index contributed by atoms with van der Waals surface area (Å²) in [5.41, 5.74) is 5.80. The third-order valence-corrected chi connectivity index (χ3v) is 7.61. The predicted molar refractivity (Wildman–Crippen MR) is 124 cm³/mol. The standard InChI is InChI=1S/C28H25NO4/c1-32-21-12-11-16(15-22(21)33-2)13-14-29-27(30)25-23-17-7-3-4-8-18(17)24(26(25)28(29)31)20-10-6-5-9-19(20)23/h3-12,15,23-26H,13-14H2,1-2H3/t23?,24?,25-,26?/m0/s1. The summed E-state index contributed by atoms with van der Waals surface area (Å²) in [5.74, 6) is 0.466. The van der Waals surface area contributed by atoms with Gasteiger partial charge in [0.25, 0.3) is 0 Å². The van der Waals surface area contributed by atoms with Crippen LogP contribution >= 0.6 is 0 Å². The molecule has 33 heavy (non-hydrogen) atoms. The first-order valence-corrected chi connectivity index (χ1v) is 11.4. The van der Waals surface area contributed by atoms with Gasteiger partial charge in [0.1, 0.15) is 0 Å². The van der Waals surface area contributed by atoms with Gasteiger partial charge in [0.15, 0.2) is 11.5 Å². The Balaban J connectivity index is 1.34. The minimum Gasteiger partial charge on any atom is -0.493 e. The fourth-order valence-corrected chi connectivity index (χ4v) is 6.24. The molecule has 4 aliphatic rings. The fraction of sp³-hybridized carbons (Fsp3) is 0.286. The smallest absolute Gasteiger partial charge is 0.234 e. The molecule has 166 valence electrons. The van der Waals surface area contributed by atoms with Gasteiger partial charge in [0, 0.05) is 18.4 Å². The zero-order valence-electron chi connectivity index (χ0n) is 18.7. The van der Waals surface area contributed by atoms with Crippen LogP contribution in [0.1, 0.15) is 39.7 Å². The monoisotopic (exact) mass is 439 g/mol. The number of benzene rings is 3. The number of carbonyl (C=O) groups excluding carboxylic acids is 2. The van der Waals surface area contributed by atoms with E-state index in [4.69, 9.17) is 9.47 Å². The minimum atomic E-state index is -0.322. The second kappa shape index (κ2) is 7.48. The molecule has 2 amide bonds. The van der Waals surface area contributed by atoms with Crippen LogP contribution in [0.5, 0.6) is 11.5 Å². The number of hydrogen-bond donors (Lipinski definition) is 0. The number of methoxy groups -OCH3 is 2. The topological polar surface area (TPSA) is 55.8 Å². The lowest BCUT2D eigenvalue weighted by molar-refractivity contribution is -0.139. The summed E-state index contributed by atoms with van der Waals surface area (Å²) in [6.45, 7) is 0.367. The van der Waals surface area contributed by atoms with Crippen LogP contribution in [0.2, 0.25) is 0 Å². The third-order valence-electron chi connectivity index (χ3n) is 7.61. The molecule has 1 saturated heterocycles. The highest BCUT2D eigenvalue weighted by Gasteiger charge is 2.61. The average molecular weight is 440 g/mol. The molecule has 1 fully saturated rings. The van der Waals surface area contributed by atoms with E-state index in [0.717, 1.165) is 5.56 Å². The molecule has 5 nitrogen and oxygen atoms in total. The van der Waals surface area contributed by atoms with Gasteiger partial charge in [-0.2, -0.15) is 0 Å². The summed E-state index contributed by atoms with van der Waals surface area (Å²) in [6.07, 6.45) is 0.576. The van der Waals surface area contributed by atoms with Gasteiger partial charge in [-0.1, -0.05) is 54.6 Å². The molecule has 1 heterocycles. The van der Waals surface area contributed by atoms with Gasteiger partial charge < -0.3 is 9.47 Å². The Hall–Kier alpha value is -3.60. The maximum atomic E-state index is 13.7. The molecule has 0 radical (unpaired) electrons. The van der Waals surface area contributed by atoms with Crippen LogP contribution in [0.3, 0.4) is 0 Å². The largest absolute Gasteiger partial charge is 0.493 e. The van der Waals surface area contributed by atoms with Gasteiger partial charge in [0.05, 0.1) is 26.1 Å². The van der Waals surface area contributed by atoms with Gasteiger partial charge in [-0.15, -0.1) is 0 Å². The maximum absolute atomic E-state index is 13.7. The van der Waals surface area contributed by atoms with Gasteiger partial charge in [-0.3, -0.25) is 14.5 Å². The highest BCUT2D eigenvalue weighted by Crippen LogP contribution is 2.60. The number of rotatable bonds is 5. The van der Waals surface area contributed by atoms with E-state index in [2.05, 4.69) is 24.3 Å². The minimum absolute atomic E-state index is 0.0375. The molecule has 2 bridgehead atoms. The Morgan fingerprint density at radius 3 is 1.64 bits per heavy atom. The third kappa shape index (κ3) is 2.78. The van der Waals surface area contributed by atoms with Crippen molar-refractivity contribution >= 4 is 11.8 Å². The van der Waals surface area contributed by atoms with E-state index in [9.17, 15) is 9.59 Å². The first-order chi connectivity index (χ1) is 16.1. The Morgan fingerprint density at radius 1 is 0.697 bits per heavy atom. The number of imide groups is 1. The Labute approximate surface area is 192 Å². The highest BCUT2D eigenvalue weighted by atomic mass is 16.5. The summed E-state index contributed by atoms with van der Waals surface area (Å²) in [4.78, 5) is 28.8. The lowest BCUT2D eigenvalue weighted by Gasteiger charge is -2.45. The van der Waals surface area contributed by atoms with Crippen molar-refractivity contribution in [1.82, 2.24) is 4.90 Å². The van der Waals surface area contributed by atoms with E-state index in [1.807, 2.05) is 42.5 Å². The van der Waals surface area contributed by atoms with Gasteiger partial charge in [-0.05, 0) is 46.4 Å². The molecule has 1 unspecified atom stereocenters. The van der Waals surface area contributed by atoms with Gasteiger partial charge in [0.2, 0.25) is 11.8 Å². The second-order valence-corrected chi connectivity index (χ2v) is 9.03. The molecular weight excluding hydrogens is 414 g/mol. The van der Waals surface area contributed by atoms with Gasteiger partial charge >= 0.3 is 0 Å². The molecule has 3 aromatic carbocycles. The summed E-state index contributed by atoms with van der Waals surface area (Å²) < 4.78 is 10.7. The molecule has 0 saturated carbocycles. The fourth-order valence-electron chi connectivity index (χ4n) is 6.24. The lowest BCUT2D eigenvalue weighted by Crippen LogP contribution is -2.41. The number of hydrogen-bond acceptors (Lipinski definition) is 4. The van der Waals surface area contributed by atoms with Crippen molar-refractivity contribution in [3.05, 3.63) is 94.5 Å². The Kier molecular flexibility index (Phi) is 4.54. The average Bonchev–Trinajstić information content (AvgIpc) is 3.12. The number of carbonyl (C=O) groups is 2. The summed E-state index contributed by atoms with van der Waals surface area (Å²) >= 11 is 0. The van der Waals surface area contributed by atoms with E-state index in [0.29, 0.717) is 24.5 Å². The first-order valence-electron chi connectivity index (χ1n) is 11.4.